The van der Waals surface area contributed by atoms with Crippen LogP contribution in [0.2, 0.25) is 5.02 Å². The van der Waals surface area contributed by atoms with Crippen LogP contribution in [-0.2, 0) is 11.8 Å². The van der Waals surface area contributed by atoms with E-state index in [0.717, 1.165) is 0 Å². The average molecular weight is 374 g/mol. The first-order valence-electron chi connectivity index (χ1n) is 7.64. The minimum absolute atomic E-state index is 0.126. The first-order valence-corrected chi connectivity index (χ1v) is 8.90. The number of amides is 1. The second kappa shape index (κ2) is 7.29. The van der Waals surface area contributed by atoms with Crippen LogP contribution in [0, 0.1) is 0 Å². The fourth-order valence-corrected chi connectivity index (χ4v) is 3.29. The first-order chi connectivity index (χ1) is 12.0. The summed E-state index contributed by atoms with van der Waals surface area (Å²) in [6.07, 6.45) is 0. The predicted molar refractivity (Wildman–Crippen MR) is 102 cm³/mol. The standard InChI is InChI=1S/C18H16ClN3O2S/c1-11(16(23)20-13-9-7-12(19)8-10-13)25-18-21-15-6-4-3-5-14(15)17(24)22(18)2/h3-11H,1-2H3,(H,20,23). The molecule has 1 unspecified atom stereocenters. The Morgan fingerprint density at radius 1 is 1.20 bits per heavy atom. The normalized spacial score (nSPS) is 12.1. The number of hydrogen-bond acceptors (Lipinski definition) is 4. The molecule has 0 aliphatic carbocycles. The molecule has 0 fully saturated rings. The van der Waals surface area contributed by atoms with Crippen LogP contribution in [0.3, 0.4) is 0 Å². The Bertz CT molecular complexity index is 986. The Balaban J connectivity index is 1.80. The van der Waals surface area contributed by atoms with Gasteiger partial charge in [-0.1, -0.05) is 35.5 Å². The highest BCUT2D eigenvalue weighted by atomic mass is 35.5. The van der Waals surface area contributed by atoms with Crippen molar-refractivity contribution in [2.24, 2.45) is 7.05 Å². The third kappa shape index (κ3) is 3.86. The number of carbonyl (C=O) groups excluding carboxylic acids is 1. The summed E-state index contributed by atoms with van der Waals surface area (Å²) < 4.78 is 1.47. The highest BCUT2D eigenvalue weighted by Crippen LogP contribution is 2.23. The van der Waals surface area contributed by atoms with Gasteiger partial charge in [-0.05, 0) is 43.3 Å². The van der Waals surface area contributed by atoms with E-state index in [0.29, 0.717) is 26.8 Å². The number of aromatic nitrogens is 2. The molecule has 1 atom stereocenters. The monoisotopic (exact) mass is 373 g/mol. The lowest BCUT2D eigenvalue weighted by Gasteiger charge is -2.14. The van der Waals surface area contributed by atoms with Gasteiger partial charge in [0.2, 0.25) is 5.91 Å². The molecule has 0 bridgehead atoms. The van der Waals surface area contributed by atoms with E-state index < -0.39 is 5.25 Å². The lowest BCUT2D eigenvalue weighted by atomic mass is 10.2. The number of para-hydroxylation sites is 1. The van der Waals surface area contributed by atoms with E-state index in [1.54, 1.807) is 56.4 Å². The summed E-state index contributed by atoms with van der Waals surface area (Å²) in [6.45, 7) is 1.78. The van der Waals surface area contributed by atoms with Crippen molar-refractivity contribution >= 4 is 45.9 Å². The average Bonchev–Trinajstić information content (AvgIpc) is 2.61. The van der Waals surface area contributed by atoms with E-state index in [-0.39, 0.29) is 11.5 Å². The van der Waals surface area contributed by atoms with E-state index >= 15 is 0 Å². The molecule has 25 heavy (non-hydrogen) atoms. The minimum atomic E-state index is -0.421. The lowest BCUT2D eigenvalue weighted by molar-refractivity contribution is -0.115. The molecular formula is C18H16ClN3O2S. The number of fused-ring (bicyclic) bond motifs is 1. The van der Waals surface area contributed by atoms with E-state index in [9.17, 15) is 9.59 Å². The maximum absolute atomic E-state index is 12.4. The van der Waals surface area contributed by atoms with Gasteiger partial charge in [0.25, 0.3) is 5.56 Å². The summed E-state index contributed by atoms with van der Waals surface area (Å²) in [6, 6.07) is 14.1. The van der Waals surface area contributed by atoms with Gasteiger partial charge in [0.15, 0.2) is 5.16 Å². The number of benzene rings is 2. The van der Waals surface area contributed by atoms with Crippen molar-refractivity contribution in [1.82, 2.24) is 9.55 Å². The number of nitrogens with one attached hydrogen (secondary N) is 1. The number of nitrogens with zero attached hydrogens (tertiary/aromatic N) is 2. The zero-order valence-electron chi connectivity index (χ0n) is 13.7. The number of anilines is 1. The molecule has 0 radical (unpaired) electrons. The molecular weight excluding hydrogens is 358 g/mol. The lowest BCUT2D eigenvalue weighted by Crippen LogP contribution is -2.25. The molecule has 7 heteroatoms. The molecule has 2 aromatic carbocycles. The Labute approximate surface area is 154 Å². The molecule has 0 saturated carbocycles. The van der Waals surface area contributed by atoms with Crippen molar-refractivity contribution in [2.75, 3.05) is 5.32 Å². The van der Waals surface area contributed by atoms with Crippen LogP contribution < -0.4 is 10.9 Å². The number of thioether (sulfide) groups is 1. The summed E-state index contributed by atoms with van der Waals surface area (Å²) in [5, 5.41) is 4.08. The molecule has 3 aromatic rings. The summed E-state index contributed by atoms with van der Waals surface area (Å²) in [7, 11) is 1.66. The van der Waals surface area contributed by atoms with Gasteiger partial charge in [0.05, 0.1) is 16.2 Å². The third-order valence-electron chi connectivity index (χ3n) is 3.71. The maximum Gasteiger partial charge on any atom is 0.261 e. The predicted octanol–water partition coefficient (Wildman–Crippen LogP) is 3.71. The second-order valence-corrected chi connectivity index (χ2v) is 7.28. The van der Waals surface area contributed by atoms with Crippen molar-refractivity contribution in [3.8, 4) is 0 Å². The molecule has 1 aromatic heterocycles. The summed E-state index contributed by atoms with van der Waals surface area (Å²) in [5.41, 5.74) is 1.17. The Hall–Kier alpha value is -2.31. The van der Waals surface area contributed by atoms with Gasteiger partial charge < -0.3 is 5.32 Å². The van der Waals surface area contributed by atoms with Crippen LogP contribution in [0.15, 0.2) is 58.5 Å². The smallest absolute Gasteiger partial charge is 0.261 e. The maximum atomic E-state index is 12.4. The van der Waals surface area contributed by atoms with Gasteiger partial charge in [-0.15, -0.1) is 0 Å². The first kappa shape index (κ1) is 17.5. The van der Waals surface area contributed by atoms with E-state index in [1.807, 2.05) is 6.07 Å². The van der Waals surface area contributed by atoms with Crippen LogP contribution >= 0.6 is 23.4 Å². The van der Waals surface area contributed by atoms with Crippen LogP contribution in [0.5, 0.6) is 0 Å². The highest BCUT2D eigenvalue weighted by Gasteiger charge is 2.18. The Morgan fingerprint density at radius 2 is 1.88 bits per heavy atom. The number of rotatable bonds is 4. The van der Waals surface area contributed by atoms with Crippen LogP contribution in [0.25, 0.3) is 10.9 Å². The SMILES string of the molecule is CC(Sc1nc2ccccc2c(=O)n1C)C(=O)Nc1ccc(Cl)cc1. The zero-order valence-corrected chi connectivity index (χ0v) is 15.3. The molecule has 0 saturated heterocycles. The van der Waals surface area contributed by atoms with Crippen molar-refractivity contribution < 1.29 is 4.79 Å². The van der Waals surface area contributed by atoms with Crippen LogP contribution in [-0.4, -0.2) is 20.7 Å². The Kier molecular flexibility index (Phi) is 5.11. The van der Waals surface area contributed by atoms with Crippen molar-refractivity contribution in [2.45, 2.75) is 17.3 Å². The van der Waals surface area contributed by atoms with Gasteiger partial charge in [-0.25, -0.2) is 4.98 Å². The number of hydrogen-bond donors (Lipinski definition) is 1. The fraction of sp³-hybridized carbons (Fsp3) is 0.167. The largest absolute Gasteiger partial charge is 0.325 e. The molecule has 128 valence electrons. The molecule has 3 rings (SSSR count). The second-order valence-electron chi connectivity index (χ2n) is 5.53. The number of carbonyl (C=O) groups is 1. The molecule has 0 spiro atoms. The van der Waals surface area contributed by atoms with E-state index in [2.05, 4.69) is 10.3 Å². The van der Waals surface area contributed by atoms with Gasteiger partial charge >= 0.3 is 0 Å². The van der Waals surface area contributed by atoms with Gasteiger partial charge in [-0.2, -0.15) is 0 Å². The summed E-state index contributed by atoms with van der Waals surface area (Å²) in [5.74, 6) is -0.172. The third-order valence-corrected chi connectivity index (χ3v) is 5.10. The topological polar surface area (TPSA) is 64.0 Å². The molecule has 5 nitrogen and oxygen atoms in total. The fourth-order valence-electron chi connectivity index (χ4n) is 2.29. The van der Waals surface area contributed by atoms with E-state index in [4.69, 9.17) is 11.6 Å². The highest BCUT2D eigenvalue weighted by molar-refractivity contribution is 8.00. The van der Waals surface area contributed by atoms with Crippen molar-refractivity contribution in [3.63, 3.8) is 0 Å². The van der Waals surface area contributed by atoms with Crippen molar-refractivity contribution in [1.29, 1.82) is 0 Å². The van der Waals surface area contributed by atoms with Gasteiger partial charge in [-0.3, -0.25) is 14.2 Å². The van der Waals surface area contributed by atoms with Gasteiger partial charge in [0.1, 0.15) is 0 Å². The minimum Gasteiger partial charge on any atom is -0.325 e. The number of halogens is 1. The Morgan fingerprint density at radius 3 is 2.60 bits per heavy atom. The van der Waals surface area contributed by atoms with Crippen LogP contribution in [0.4, 0.5) is 5.69 Å². The zero-order chi connectivity index (χ0) is 18.0. The van der Waals surface area contributed by atoms with Crippen molar-refractivity contribution in [3.05, 3.63) is 63.9 Å². The molecule has 0 aliphatic rings. The van der Waals surface area contributed by atoms with Crippen LogP contribution in [0.1, 0.15) is 6.92 Å². The summed E-state index contributed by atoms with van der Waals surface area (Å²) in [4.78, 5) is 29.3. The summed E-state index contributed by atoms with van der Waals surface area (Å²) >= 11 is 7.08. The quantitative estimate of drug-likeness (QED) is 0.559. The molecule has 1 amide bonds. The van der Waals surface area contributed by atoms with Gasteiger partial charge in [0, 0.05) is 17.8 Å². The van der Waals surface area contributed by atoms with E-state index in [1.165, 1.54) is 16.3 Å². The molecule has 0 aliphatic heterocycles. The molecule has 1 heterocycles. The molecule has 1 N–H and O–H groups in total.